The van der Waals surface area contributed by atoms with Crippen LogP contribution >= 0.6 is 11.3 Å². The highest BCUT2D eigenvalue weighted by Crippen LogP contribution is 2.27. The van der Waals surface area contributed by atoms with Crippen molar-refractivity contribution in [2.75, 3.05) is 0 Å². The van der Waals surface area contributed by atoms with Gasteiger partial charge in [-0.3, -0.25) is 0 Å². The summed E-state index contributed by atoms with van der Waals surface area (Å²) in [4.78, 5) is 5.75. The number of fused-ring (bicyclic) bond motifs is 1. The SMILES string of the molecule is Cc1cnc(C(C)NC(C)c2ccc3c(c2)CCC3)s1. The predicted molar refractivity (Wildman–Crippen MR) is 85.3 cm³/mol. The van der Waals surface area contributed by atoms with Crippen LogP contribution in [-0.4, -0.2) is 4.98 Å². The standard InChI is InChI=1S/C17H22N2S/c1-11-10-18-17(20-11)13(3)19-12(2)15-8-7-14-5-4-6-16(14)9-15/h7-10,12-13,19H,4-6H2,1-3H3. The first-order valence-corrected chi connectivity index (χ1v) is 8.25. The van der Waals surface area contributed by atoms with Crippen LogP contribution < -0.4 is 5.32 Å². The normalized spacial score (nSPS) is 16.9. The molecule has 2 atom stereocenters. The summed E-state index contributed by atoms with van der Waals surface area (Å²) in [6.45, 7) is 6.55. The number of hydrogen-bond acceptors (Lipinski definition) is 3. The summed E-state index contributed by atoms with van der Waals surface area (Å²) >= 11 is 1.78. The molecule has 0 spiro atoms. The van der Waals surface area contributed by atoms with Crippen molar-refractivity contribution in [3.63, 3.8) is 0 Å². The van der Waals surface area contributed by atoms with Crippen molar-refractivity contribution < 1.29 is 0 Å². The first-order valence-electron chi connectivity index (χ1n) is 7.43. The summed E-state index contributed by atoms with van der Waals surface area (Å²) in [5.41, 5.74) is 4.49. The van der Waals surface area contributed by atoms with Gasteiger partial charge in [-0.05, 0) is 56.7 Å². The van der Waals surface area contributed by atoms with Crippen LogP contribution in [0.15, 0.2) is 24.4 Å². The van der Waals surface area contributed by atoms with Gasteiger partial charge < -0.3 is 5.32 Å². The maximum absolute atomic E-state index is 4.48. The minimum absolute atomic E-state index is 0.303. The van der Waals surface area contributed by atoms with E-state index in [-0.39, 0.29) is 0 Å². The topological polar surface area (TPSA) is 24.9 Å². The van der Waals surface area contributed by atoms with E-state index in [1.165, 1.54) is 34.7 Å². The van der Waals surface area contributed by atoms with Crippen LogP contribution in [-0.2, 0) is 12.8 Å². The Hall–Kier alpha value is -1.19. The fourth-order valence-electron chi connectivity index (χ4n) is 2.98. The van der Waals surface area contributed by atoms with Crippen LogP contribution in [0.4, 0.5) is 0 Å². The smallest absolute Gasteiger partial charge is 0.109 e. The largest absolute Gasteiger partial charge is 0.302 e. The van der Waals surface area contributed by atoms with Gasteiger partial charge in [-0.15, -0.1) is 11.3 Å². The van der Waals surface area contributed by atoms with Crippen molar-refractivity contribution >= 4 is 11.3 Å². The minimum atomic E-state index is 0.303. The Morgan fingerprint density at radius 3 is 2.70 bits per heavy atom. The van der Waals surface area contributed by atoms with Gasteiger partial charge in [-0.1, -0.05) is 18.2 Å². The van der Waals surface area contributed by atoms with Gasteiger partial charge in [0, 0.05) is 17.1 Å². The molecule has 20 heavy (non-hydrogen) atoms. The van der Waals surface area contributed by atoms with E-state index in [4.69, 9.17) is 0 Å². The molecule has 1 aliphatic rings. The van der Waals surface area contributed by atoms with Crippen molar-refractivity contribution in [1.82, 2.24) is 10.3 Å². The molecule has 0 radical (unpaired) electrons. The molecule has 0 bridgehead atoms. The molecule has 3 heteroatoms. The average molecular weight is 286 g/mol. The zero-order chi connectivity index (χ0) is 14.1. The first kappa shape index (κ1) is 13.8. The molecule has 1 N–H and O–H groups in total. The highest BCUT2D eigenvalue weighted by Gasteiger charge is 2.16. The molecular weight excluding hydrogens is 264 g/mol. The summed E-state index contributed by atoms with van der Waals surface area (Å²) in [5.74, 6) is 0. The van der Waals surface area contributed by atoms with Gasteiger partial charge in [0.05, 0.1) is 6.04 Å². The number of aryl methyl sites for hydroxylation is 3. The van der Waals surface area contributed by atoms with Crippen molar-refractivity contribution in [1.29, 1.82) is 0 Å². The Kier molecular flexibility index (Phi) is 3.90. The lowest BCUT2D eigenvalue weighted by Gasteiger charge is -2.19. The monoisotopic (exact) mass is 286 g/mol. The minimum Gasteiger partial charge on any atom is -0.302 e. The molecule has 0 aliphatic heterocycles. The Bertz CT molecular complexity index is 603. The van der Waals surface area contributed by atoms with E-state index in [1.54, 1.807) is 22.5 Å². The average Bonchev–Trinajstić information content (AvgIpc) is 3.05. The van der Waals surface area contributed by atoms with Gasteiger partial charge in [-0.25, -0.2) is 4.98 Å². The van der Waals surface area contributed by atoms with Crippen molar-refractivity contribution in [3.8, 4) is 0 Å². The second kappa shape index (κ2) is 5.66. The Morgan fingerprint density at radius 2 is 1.95 bits per heavy atom. The zero-order valence-electron chi connectivity index (χ0n) is 12.4. The molecular formula is C17H22N2S. The molecule has 3 rings (SSSR count). The number of benzene rings is 1. The van der Waals surface area contributed by atoms with E-state index in [1.807, 2.05) is 6.20 Å². The Balaban J connectivity index is 1.71. The molecule has 2 unspecified atom stereocenters. The van der Waals surface area contributed by atoms with Crippen LogP contribution in [0.3, 0.4) is 0 Å². The fourth-order valence-corrected chi connectivity index (χ4v) is 3.76. The third kappa shape index (κ3) is 2.79. The van der Waals surface area contributed by atoms with E-state index in [0.717, 1.165) is 0 Å². The quantitative estimate of drug-likeness (QED) is 0.903. The summed E-state index contributed by atoms with van der Waals surface area (Å²) in [6, 6.07) is 7.65. The molecule has 1 aromatic heterocycles. The van der Waals surface area contributed by atoms with Crippen LogP contribution in [0.25, 0.3) is 0 Å². The van der Waals surface area contributed by atoms with Crippen LogP contribution in [0, 0.1) is 6.92 Å². The van der Waals surface area contributed by atoms with Crippen molar-refractivity contribution in [3.05, 3.63) is 51.0 Å². The number of nitrogens with one attached hydrogen (secondary N) is 1. The molecule has 1 heterocycles. The van der Waals surface area contributed by atoms with E-state index < -0.39 is 0 Å². The maximum atomic E-state index is 4.48. The third-order valence-electron chi connectivity index (χ3n) is 4.13. The molecule has 1 aromatic carbocycles. The predicted octanol–water partition coefficient (Wildman–Crippen LogP) is 4.35. The Morgan fingerprint density at radius 1 is 1.15 bits per heavy atom. The van der Waals surface area contributed by atoms with Gasteiger partial charge in [0.25, 0.3) is 0 Å². The van der Waals surface area contributed by atoms with E-state index in [0.29, 0.717) is 12.1 Å². The van der Waals surface area contributed by atoms with Crippen molar-refractivity contribution in [2.24, 2.45) is 0 Å². The van der Waals surface area contributed by atoms with Crippen LogP contribution in [0.1, 0.15) is 58.9 Å². The molecule has 0 saturated heterocycles. The summed E-state index contributed by atoms with van der Waals surface area (Å²) in [5, 5.41) is 4.84. The number of thiazole rings is 1. The summed E-state index contributed by atoms with van der Waals surface area (Å²) in [7, 11) is 0. The van der Waals surface area contributed by atoms with Gasteiger partial charge in [0.1, 0.15) is 5.01 Å². The molecule has 0 fully saturated rings. The molecule has 0 saturated carbocycles. The molecule has 2 aromatic rings. The number of nitrogens with zero attached hydrogens (tertiary/aromatic N) is 1. The van der Waals surface area contributed by atoms with Crippen molar-refractivity contribution in [2.45, 2.75) is 52.1 Å². The molecule has 1 aliphatic carbocycles. The highest BCUT2D eigenvalue weighted by atomic mass is 32.1. The molecule has 106 valence electrons. The lowest BCUT2D eigenvalue weighted by molar-refractivity contribution is 0.493. The second-order valence-electron chi connectivity index (χ2n) is 5.80. The van der Waals surface area contributed by atoms with Crippen LogP contribution in [0.2, 0.25) is 0 Å². The third-order valence-corrected chi connectivity index (χ3v) is 5.23. The zero-order valence-corrected chi connectivity index (χ0v) is 13.3. The van der Waals surface area contributed by atoms with Crippen LogP contribution in [0.5, 0.6) is 0 Å². The van der Waals surface area contributed by atoms with Gasteiger partial charge in [0.15, 0.2) is 0 Å². The van der Waals surface area contributed by atoms with Gasteiger partial charge in [-0.2, -0.15) is 0 Å². The van der Waals surface area contributed by atoms with E-state index >= 15 is 0 Å². The molecule has 2 nitrogen and oxygen atoms in total. The maximum Gasteiger partial charge on any atom is 0.109 e. The van der Waals surface area contributed by atoms with E-state index in [2.05, 4.69) is 49.3 Å². The number of hydrogen-bond donors (Lipinski definition) is 1. The fraction of sp³-hybridized carbons (Fsp3) is 0.471. The van der Waals surface area contributed by atoms with Gasteiger partial charge >= 0.3 is 0 Å². The lowest BCUT2D eigenvalue weighted by Crippen LogP contribution is -2.22. The number of aromatic nitrogens is 1. The van der Waals surface area contributed by atoms with E-state index in [9.17, 15) is 0 Å². The second-order valence-corrected chi connectivity index (χ2v) is 7.07. The molecule has 0 amide bonds. The summed E-state index contributed by atoms with van der Waals surface area (Å²) in [6.07, 6.45) is 5.77. The Labute approximate surface area is 125 Å². The lowest BCUT2D eigenvalue weighted by atomic mass is 10.0. The van der Waals surface area contributed by atoms with Gasteiger partial charge in [0.2, 0.25) is 0 Å². The summed E-state index contributed by atoms with van der Waals surface area (Å²) < 4.78 is 0. The highest BCUT2D eigenvalue weighted by molar-refractivity contribution is 7.11. The first-order chi connectivity index (χ1) is 9.63. The number of rotatable bonds is 4.